The van der Waals surface area contributed by atoms with Gasteiger partial charge in [-0.1, -0.05) is 40.2 Å². The van der Waals surface area contributed by atoms with Gasteiger partial charge in [0, 0.05) is 16.1 Å². The molecule has 0 atom stereocenters. The van der Waals surface area contributed by atoms with Gasteiger partial charge >= 0.3 is 5.97 Å². The van der Waals surface area contributed by atoms with E-state index in [1.165, 1.54) is 6.08 Å². The first kappa shape index (κ1) is 14.3. The molecule has 0 bridgehead atoms. The molecular weight excluding hydrogens is 320 g/mol. The third kappa shape index (κ3) is 3.71. The summed E-state index contributed by atoms with van der Waals surface area (Å²) in [5.41, 5.74) is 1.72. The normalized spacial score (nSPS) is 10.7. The van der Waals surface area contributed by atoms with E-state index in [1.807, 2.05) is 49.4 Å². The van der Waals surface area contributed by atoms with E-state index in [4.69, 9.17) is 9.84 Å². The summed E-state index contributed by atoms with van der Waals surface area (Å²) in [5, 5.41) is 8.70. The second-order valence-electron chi connectivity index (χ2n) is 4.22. The van der Waals surface area contributed by atoms with Crippen LogP contribution in [0.2, 0.25) is 0 Å². The molecule has 20 heavy (non-hydrogen) atoms. The van der Waals surface area contributed by atoms with Gasteiger partial charge in [-0.2, -0.15) is 0 Å². The van der Waals surface area contributed by atoms with Crippen molar-refractivity contribution in [2.45, 2.75) is 6.92 Å². The molecule has 0 aliphatic rings. The Labute approximate surface area is 125 Å². The molecule has 0 radical (unpaired) electrons. The molecule has 0 aromatic heterocycles. The number of halogens is 1. The summed E-state index contributed by atoms with van der Waals surface area (Å²) in [6, 6.07) is 13.1. The number of carboxylic acid groups (broad SMARTS) is 1. The first-order valence-electron chi connectivity index (χ1n) is 6.00. The highest BCUT2D eigenvalue weighted by atomic mass is 79.9. The van der Waals surface area contributed by atoms with Crippen molar-refractivity contribution in [1.29, 1.82) is 0 Å². The van der Waals surface area contributed by atoms with Crippen molar-refractivity contribution < 1.29 is 14.6 Å². The summed E-state index contributed by atoms with van der Waals surface area (Å²) in [5.74, 6) is 0.361. The monoisotopic (exact) mass is 332 g/mol. The molecule has 0 unspecified atom stereocenters. The number of carboxylic acids is 1. The lowest BCUT2D eigenvalue weighted by molar-refractivity contribution is -0.131. The molecule has 0 heterocycles. The van der Waals surface area contributed by atoms with Gasteiger partial charge in [0.2, 0.25) is 0 Å². The van der Waals surface area contributed by atoms with Gasteiger partial charge in [-0.3, -0.25) is 0 Å². The average Bonchev–Trinajstić information content (AvgIpc) is 2.42. The third-order valence-electron chi connectivity index (χ3n) is 2.69. The van der Waals surface area contributed by atoms with Gasteiger partial charge in [0.25, 0.3) is 0 Å². The van der Waals surface area contributed by atoms with Crippen LogP contribution in [0.1, 0.15) is 11.1 Å². The number of rotatable bonds is 4. The van der Waals surface area contributed by atoms with Gasteiger partial charge in [-0.25, -0.2) is 4.79 Å². The van der Waals surface area contributed by atoms with Gasteiger partial charge in [0.1, 0.15) is 11.5 Å². The lowest BCUT2D eigenvalue weighted by Gasteiger charge is -2.11. The Hall–Kier alpha value is -2.07. The van der Waals surface area contributed by atoms with Crippen molar-refractivity contribution in [2.75, 3.05) is 0 Å². The van der Waals surface area contributed by atoms with Crippen molar-refractivity contribution in [3.8, 4) is 11.5 Å². The van der Waals surface area contributed by atoms with Gasteiger partial charge in [0.05, 0.1) is 0 Å². The van der Waals surface area contributed by atoms with Crippen LogP contribution in [0, 0.1) is 6.92 Å². The number of benzene rings is 2. The molecule has 0 aliphatic carbocycles. The second-order valence-corrected chi connectivity index (χ2v) is 5.14. The Morgan fingerprint density at radius 1 is 1.20 bits per heavy atom. The SMILES string of the molecule is Cc1ccc(Br)cc1Oc1ccccc1/C=C/C(=O)O. The predicted molar refractivity (Wildman–Crippen MR) is 82.1 cm³/mol. The van der Waals surface area contributed by atoms with Gasteiger partial charge < -0.3 is 9.84 Å². The number of aryl methyl sites for hydroxylation is 1. The molecule has 0 spiro atoms. The van der Waals surface area contributed by atoms with E-state index in [2.05, 4.69) is 15.9 Å². The van der Waals surface area contributed by atoms with Crippen LogP contribution in [0.4, 0.5) is 0 Å². The minimum Gasteiger partial charge on any atom is -0.478 e. The summed E-state index contributed by atoms with van der Waals surface area (Å²) >= 11 is 3.41. The molecule has 1 N–H and O–H groups in total. The second kappa shape index (κ2) is 6.39. The largest absolute Gasteiger partial charge is 0.478 e. The molecule has 102 valence electrons. The maximum atomic E-state index is 10.6. The van der Waals surface area contributed by atoms with E-state index < -0.39 is 5.97 Å². The maximum Gasteiger partial charge on any atom is 0.328 e. The number of carbonyl (C=O) groups is 1. The van der Waals surface area contributed by atoms with E-state index in [0.717, 1.165) is 21.9 Å². The Morgan fingerprint density at radius 2 is 1.95 bits per heavy atom. The summed E-state index contributed by atoms with van der Waals surface area (Å²) in [6.07, 6.45) is 2.61. The minimum atomic E-state index is -0.988. The topological polar surface area (TPSA) is 46.5 Å². The summed E-state index contributed by atoms with van der Waals surface area (Å²) < 4.78 is 6.81. The quantitative estimate of drug-likeness (QED) is 0.829. The molecule has 0 saturated carbocycles. The Balaban J connectivity index is 2.34. The van der Waals surface area contributed by atoms with Crippen molar-refractivity contribution >= 4 is 28.0 Å². The average molecular weight is 333 g/mol. The van der Waals surface area contributed by atoms with Gasteiger partial charge in [-0.05, 0) is 36.8 Å². The molecule has 0 fully saturated rings. The molecule has 0 amide bonds. The number of ether oxygens (including phenoxy) is 1. The lowest BCUT2D eigenvalue weighted by Crippen LogP contribution is -1.91. The number of hydrogen-bond donors (Lipinski definition) is 1. The third-order valence-corrected chi connectivity index (χ3v) is 3.19. The summed E-state index contributed by atoms with van der Waals surface area (Å²) in [4.78, 5) is 10.6. The first-order chi connectivity index (χ1) is 9.56. The summed E-state index contributed by atoms with van der Waals surface area (Å²) in [6.45, 7) is 1.96. The number of para-hydroxylation sites is 1. The highest BCUT2D eigenvalue weighted by molar-refractivity contribution is 9.10. The fourth-order valence-electron chi connectivity index (χ4n) is 1.67. The zero-order valence-electron chi connectivity index (χ0n) is 10.8. The van der Waals surface area contributed by atoms with E-state index in [9.17, 15) is 4.79 Å². The predicted octanol–water partition coefficient (Wildman–Crippen LogP) is 4.65. The van der Waals surface area contributed by atoms with Gasteiger partial charge in [-0.15, -0.1) is 0 Å². The Kier molecular flexibility index (Phi) is 4.58. The van der Waals surface area contributed by atoms with E-state index >= 15 is 0 Å². The van der Waals surface area contributed by atoms with E-state index in [1.54, 1.807) is 0 Å². The molecule has 2 aromatic carbocycles. The number of hydrogen-bond acceptors (Lipinski definition) is 2. The minimum absolute atomic E-state index is 0.617. The van der Waals surface area contributed by atoms with Crippen molar-refractivity contribution in [1.82, 2.24) is 0 Å². The zero-order chi connectivity index (χ0) is 14.5. The van der Waals surface area contributed by atoms with Crippen LogP contribution in [-0.2, 0) is 4.79 Å². The van der Waals surface area contributed by atoms with Crippen molar-refractivity contribution in [3.63, 3.8) is 0 Å². The number of aliphatic carboxylic acids is 1. The fourth-order valence-corrected chi connectivity index (χ4v) is 2.01. The van der Waals surface area contributed by atoms with Crippen LogP contribution in [-0.4, -0.2) is 11.1 Å². The van der Waals surface area contributed by atoms with E-state index in [-0.39, 0.29) is 0 Å². The molecule has 0 saturated heterocycles. The first-order valence-corrected chi connectivity index (χ1v) is 6.79. The Morgan fingerprint density at radius 3 is 2.70 bits per heavy atom. The lowest BCUT2D eigenvalue weighted by atomic mass is 10.1. The van der Waals surface area contributed by atoms with Crippen LogP contribution >= 0.6 is 15.9 Å². The highest BCUT2D eigenvalue weighted by Gasteiger charge is 2.05. The Bertz CT molecular complexity index is 663. The van der Waals surface area contributed by atoms with Gasteiger partial charge in [0.15, 0.2) is 0 Å². The fraction of sp³-hybridized carbons (Fsp3) is 0.0625. The highest BCUT2D eigenvalue weighted by Crippen LogP contribution is 2.30. The molecule has 2 rings (SSSR count). The molecular formula is C16H13BrO3. The molecule has 4 heteroatoms. The van der Waals surface area contributed by atoms with Crippen molar-refractivity contribution in [3.05, 3.63) is 64.1 Å². The molecule has 2 aromatic rings. The van der Waals surface area contributed by atoms with Crippen LogP contribution < -0.4 is 4.74 Å². The van der Waals surface area contributed by atoms with Crippen LogP contribution in [0.5, 0.6) is 11.5 Å². The standard InChI is InChI=1S/C16H13BrO3/c1-11-6-8-13(17)10-15(11)20-14-5-3-2-4-12(14)7-9-16(18)19/h2-10H,1H3,(H,18,19)/b9-7+. The maximum absolute atomic E-state index is 10.6. The van der Waals surface area contributed by atoms with Crippen LogP contribution in [0.3, 0.4) is 0 Å². The smallest absolute Gasteiger partial charge is 0.328 e. The summed E-state index contributed by atoms with van der Waals surface area (Å²) in [7, 11) is 0. The van der Waals surface area contributed by atoms with Crippen molar-refractivity contribution in [2.24, 2.45) is 0 Å². The zero-order valence-corrected chi connectivity index (χ0v) is 12.4. The molecule has 3 nitrogen and oxygen atoms in total. The van der Waals surface area contributed by atoms with E-state index in [0.29, 0.717) is 11.3 Å². The molecule has 0 aliphatic heterocycles. The van der Waals surface area contributed by atoms with Crippen LogP contribution in [0.25, 0.3) is 6.08 Å². The van der Waals surface area contributed by atoms with Crippen LogP contribution in [0.15, 0.2) is 53.0 Å².